The first kappa shape index (κ1) is 17.0. The topological polar surface area (TPSA) is 91.4 Å². The van der Waals surface area contributed by atoms with Gasteiger partial charge in [0, 0.05) is 6.20 Å². The summed E-state index contributed by atoms with van der Waals surface area (Å²) in [6.45, 7) is 1.86. The maximum absolute atomic E-state index is 9.89. The minimum absolute atomic E-state index is 0.234. The van der Waals surface area contributed by atoms with E-state index in [9.17, 15) is 5.11 Å². The number of pyridine rings is 1. The number of aliphatic hydroxyl groups excluding tert-OH is 2. The van der Waals surface area contributed by atoms with E-state index in [0.717, 1.165) is 25.7 Å². The zero-order valence-corrected chi connectivity index (χ0v) is 12.6. The third-order valence-corrected chi connectivity index (χ3v) is 3.60. The second-order valence-corrected chi connectivity index (χ2v) is 5.27. The molecule has 0 saturated carbocycles. The van der Waals surface area contributed by atoms with Gasteiger partial charge in [0.05, 0.1) is 30.1 Å². The molecule has 0 unspecified atom stereocenters. The number of aliphatic hydroxyl groups is 2. The van der Waals surface area contributed by atoms with E-state index in [1.54, 1.807) is 12.3 Å². The molecule has 2 atom stereocenters. The van der Waals surface area contributed by atoms with E-state index in [4.69, 9.17) is 22.4 Å². The lowest BCUT2D eigenvalue weighted by Crippen LogP contribution is -2.36. The number of rotatable bonds is 9. The predicted molar refractivity (Wildman–Crippen MR) is 82.9 cm³/mol. The molecule has 0 bridgehead atoms. The molecular weight excluding hydrogens is 278 g/mol. The van der Waals surface area contributed by atoms with Crippen LogP contribution >= 0.6 is 11.6 Å². The molecule has 0 amide bonds. The number of unbranched alkanes of at least 4 members (excludes halogenated alkanes) is 3. The van der Waals surface area contributed by atoms with Gasteiger partial charge in [0.15, 0.2) is 5.15 Å². The number of hydrogen-bond acceptors (Lipinski definition) is 5. The third kappa shape index (κ3) is 5.15. The second-order valence-electron chi connectivity index (χ2n) is 4.91. The Morgan fingerprint density at radius 2 is 2.15 bits per heavy atom. The van der Waals surface area contributed by atoms with Crippen LogP contribution in [0.2, 0.25) is 5.15 Å². The van der Waals surface area contributed by atoms with E-state index >= 15 is 0 Å². The summed E-state index contributed by atoms with van der Waals surface area (Å²) in [4.78, 5) is 3.89. The van der Waals surface area contributed by atoms with Crippen LogP contribution in [0.1, 0.15) is 39.0 Å². The molecule has 1 rings (SSSR count). The van der Waals surface area contributed by atoms with E-state index in [1.807, 2.05) is 0 Å². The van der Waals surface area contributed by atoms with Gasteiger partial charge >= 0.3 is 0 Å². The molecule has 20 heavy (non-hydrogen) atoms. The van der Waals surface area contributed by atoms with Gasteiger partial charge in [0.2, 0.25) is 0 Å². The number of halogens is 1. The van der Waals surface area contributed by atoms with Crippen LogP contribution < -0.4 is 11.1 Å². The number of nitrogens with zero attached hydrogens (tertiary/aromatic N) is 1. The van der Waals surface area contributed by atoms with E-state index < -0.39 is 6.10 Å². The van der Waals surface area contributed by atoms with Crippen molar-refractivity contribution in [2.45, 2.75) is 51.2 Å². The molecule has 0 aliphatic heterocycles. The fourth-order valence-electron chi connectivity index (χ4n) is 2.05. The minimum atomic E-state index is -0.831. The van der Waals surface area contributed by atoms with Crippen LogP contribution in [0, 0.1) is 0 Å². The lowest BCUT2D eigenvalue weighted by atomic mass is 10.0. The van der Waals surface area contributed by atoms with Crippen LogP contribution in [0.3, 0.4) is 0 Å². The lowest BCUT2D eigenvalue weighted by molar-refractivity contribution is 0.0766. The molecule has 1 heterocycles. The van der Waals surface area contributed by atoms with Crippen molar-refractivity contribution >= 4 is 23.0 Å². The van der Waals surface area contributed by atoms with Gasteiger partial charge < -0.3 is 21.3 Å². The van der Waals surface area contributed by atoms with Crippen molar-refractivity contribution in [3.05, 3.63) is 17.4 Å². The Hall–Kier alpha value is -1.04. The summed E-state index contributed by atoms with van der Waals surface area (Å²) >= 11 is 5.87. The van der Waals surface area contributed by atoms with Crippen LogP contribution in [0.25, 0.3) is 0 Å². The van der Waals surface area contributed by atoms with E-state index in [0.29, 0.717) is 11.4 Å². The molecule has 5 N–H and O–H groups in total. The first-order valence-electron chi connectivity index (χ1n) is 7.05. The van der Waals surface area contributed by atoms with Crippen molar-refractivity contribution in [1.82, 2.24) is 4.98 Å². The zero-order chi connectivity index (χ0) is 15.0. The summed E-state index contributed by atoms with van der Waals surface area (Å²) in [6.07, 6.45) is 5.92. The number of hydrogen-bond donors (Lipinski definition) is 4. The Kier molecular flexibility index (Phi) is 7.65. The zero-order valence-electron chi connectivity index (χ0n) is 11.8. The standard InChI is InChI=1S/C14H24ClN3O2/c1-2-3-4-5-6-10(12(20)9-19)18-11-7-8-17-14(15)13(11)16/h7-8,10,12,19-20H,2-6,9,16H2,1H3,(H,17,18)/t10-,12+/m1/s1. The molecule has 0 saturated heterocycles. The maximum atomic E-state index is 9.89. The van der Waals surface area contributed by atoms with Crippen molar-refractivity contribution in [1.29, 1.82) is 0 Å². The van der Waals surface area contributed by atoms with E-state index in [1.165, 1.54) is 6.42 Å². The Balaban J connectivity index is 2.66. The molecule has 0 aromatic carbocycles. The summed E-state index contributed by atoms with van der Waals surface area (Å²) < 4.78 is 0. The smallest absolute Gasteiger partial charge is 0.153 e. The summed E-state index contributed by atoms with van der Waals surface area (Å²) in [7, 11) is 0. The highest BCUT2D eigenvalue weighted by Crippen LogP contribution is 2.26. The van der Waals surface area contributed by atoms with Crippen LogP contribution in [0.15, 0.2) is 12.3 Å². The highest BCUT2D eigenvalue weighted by atomic mass is 35.5. The molecule has 0 aliphatic rings. The summed E-state index contributed by atoms with van der Waals surface area (Å²) in [5, 5.41) is 22.4. The number of anilines is 2. The van der Waals surface area contributed by atoms with E-state index in [2.05, 4.69) is 17.2 Å². The van der Waals surface area contributed by atoms with Crippen LogP contribution in [0.4, 0.5) is 11.4 Å². The molecule has 0 spiro atoms. The van der Waals surface area contributed by atoms with Gasteiger partial charge in [0.25, 0.3) is 0 Å². The highest BCUT2D eigenvalue weighted by Gasteiger charge is 2.19. The number of aromatic nitrogens is 1. The quantitative estimate of drug-likeness (QED) is 0.415. The van der Waals surface area contributed by atoms with Gasteiger partial charge in [-0.2, -0.15) is 0 Å². The van der Waals surface area contributed by atoms with Gasteiger partial charge in [-0.25, -0.2) is 4.98 Å². The SMILES string of the molecule is CCCCCC[C@@H](Nc1ccnc(Cl)c1N)[C@@H](O)CO. The van der Waals surface area contributed by atoms with Crippen molar-refractivity contribution < 1.29 is 10.2 Å². The van der Waals surface area contributed by atoms with Crippen molar-refractivity contribution in [2.24, 2.45) is 0 Å². The van der Waals surface area contributed by atoms with Gasteiger partial charge in [-0.05, 0) is 12.5 Å². The largest absolute Gasteiger partial charge is 0.395 e. The fraction of sp³-hybridized carbons (Fsp3) is 0.643. The summed E-state index contributed by atoms with van der Waals surface area (Å²) in [5.41, 5.74) is 6.84. The normalized spacial score (nSPS) is 14.0. The molecule has 114 valence electrons. The van der Waals surface area contributed by atoms with Crippen LogP contribution in [-0.2, 0) is 0 Å². The molecule has 0 fully saturated rings. The van der Waals surface area contributed by atoms with Crippen LogP contribution in [0.5, 0.6) is 0 Å². The van der Waals surface area contributed by atoms with Crippen LogP contribution in [-0.4, -0.2) is 33.9 Å². The van der Waals surface area contributed by atoms with Crippen molar-refractivity contribution in [3.63, 3.8) is 0 Å². The Labute approximate surface area is 125 Å². The molecule has 1 aromatic rings. The molecule has 0 radical (unpaired) electrons. The second kappa shape index (κ2) is 9.00. The number of nitrogens with two attached hydrogens (primary N) is 1. The lowest BCUT2D eigenvalue weighted by Gasteiger charge is -2.24. The highest BCUT2D eigenvalue weighted by molar-refractivity contribution is 6.32. The minimum Gasteiger partial charge on any atom is -0.395 e. The molecule has 0 aliphatic carbocycles. The predicted octanol–water partition coefficient (Wildman–Crippen LogP) is 2.42. The summed E-state index contributed by atoms with van der Waals surface area (Å²) in [6, 6.07) is 1.46. The molecule has 5 nitrogen and oxygen atoms in total. The van der Waals surface area contributed by atoms with E-state index in [-0.39, 0.29) is 17.8 Å². The average Bonchev–Trinajstić information content (AvgIpc) is 2.45. The number of nitrogens with one attached hydrogen (secondary N) is 1. The molecule has 6 heteroatoms. The number of nitrogen functional groups attached to an aromatic ring is 1. The Morgan fingerprint density at radius 1 is 1.40 bits per heavy atom. The summed E-state index contributed by atoms with van der Waals surface area (Å²) in [5.74, 6) is 0. The maximum Gasteiger partial charge on any atom is 0.153 e. The van der Waals surface area contributed by atoms with Crippen molar-refractivity contribution in [3.8, 4) is 0 Å². The van der Waals surface area contributed by atoms with Crippen molar-refractivity contribution in [2.75, 3.05) is 17.7 Å². The Bertz CT molecular complexity index is 404. The Morgan fingerprint density at radius 3 is 2.80 bits per heavy atom. The fourth-order valence-corrected chi connectivity index (χ4v) is 2.21. The van der Waals surface area contributed by atoms with Gasteiger partial charge in [-0.1, -0.05) is 44.2 Å². The average molecular weight is 302 g/mol. The monoisotopic (exact) mass is 301 g/mol. The third-order valence-electron chi connectivity index (χ3n) is 3.30. The van der Waals surface area contributed by atoms with Gasteiger partial charge in [-0.3, -0.25) is 0 Å². The molecular formula is C14H24ClN3O2. The van der Waals surface area contributed by atoms with Gasteiger partial charge in [-0.15, -0.1) is 0 Å². The first-order valence-corrected chi connectivity index (χ1v) is 7.43. The van der Waals surface area contributed by atoms with Gasteiger partial charge in [0.1, 0.15) is 0 Å². The molecule has 1 aromatic heterocycles. The first-order chi connectivity index (χ1) is 9.60.